The van der Waals surface area contributed by atoms with E-state index < -0.39 is 12.1 Å². The van der Waals surface area contributed by atoms with Crippen LogP contribution in [0.5, 0.6) is 0 Å². The number of rotatable bonds is 5. The molecule has 23 heavy (non-hydrogen) atoms. The second-order valence-electron chi connectivity index (χ2n) is 5.52. The predicted octanol–water partition coefficient (Wildman–Crippen LogP) is 4.03. The van der Waals surface area contributed by atoms with Crippen LogP contribution in [-0.4, -0.2) is 17.9 Å². The number of hydrogen-bond acceptors (Lipinski definition) is 4. The van der Waals surface area contributed by atoms with Crippen LogP contribution in [-0.2, 0) is 9.53 Å². The van der Waals surface area contributed by atoms with Gasteiger partial charge in [-0.1, -0.05) is 12.1 Å². The highest BCUT2D eigenvalue weighted by molar-refractivity contribution is 6.01. The van der Waals surface area contributed by atoms with E-state index in [0.29, 0.717) is 11.3 Å². The number of Topliss-reactive ketones (excluding diaryl/α,β-unsaturated/α-hetero) is 1. The Morgan fingerprint density at radius 1 is 1.09 bits per heavy atom. The molecule has 1 aromatic carbocycles. The number of esters is 1. The van der Waals surface area contributed by atoms with Crippen LogP contribution >= 0.6 is 0 Å². The summed E-state index contributed by atoms with van der Waals surface area (Å²) in [5.74, 6) is 0.524. The average Bonchev–Trinajstić information content (AvgIpc) is 2.93. The van der Waals surface area contributed by atoms with Crippen LogP contribution in [0, 0.1) is 20.8 Å². The first kappa shape index (κ1) is 16.7. The van der Waals surface area contributed by atoms with E-state index in [1.807, 2.05) is 32.9 Å². The number of benzene rings is 1. The number of aryl methyl sites for hydroxylation is 3. The van der Waals surface area contributed by atoms with Gasteiger partial charge in [0.15, 0.2) is 6.10 Å². The fraction of sp³-hybridized carbons (Fsp3) is 0.263. The summed E-state index contributed by atoms with van der Waals surface area (Å²) in [4.78, 5) is 24.1. The maximum atomic E-state index is 12.3. The molecule has 0 bridgehead atoms. The molecule has 0 unspecified atom stereocenters. The van der Waals surface area contributed by atoms with Crippen molar-refractivity contribution in [2.24, 2.45) is 0 Å². The van der Waals surface area contributed by atoms with Crippen LogP contribution in [0.15, 0.2) is 40.8 Å². The van der Waals surface area contributed by atoms with Gasteiger partial charge in [0.2, 0.25) is 5.78 Å². The summed E-state index contributed by atoms with van der Waals surface area (Å²) >= 11 is 0. The molecule has 0 fully saturated rings. The lowest BCUT2D eigenvalue weighted by molar-refractivity contribution is -0.140. The Hall–Kier alpha value is -2.62. The summed E-state index contributed by atoms with van der Waals surface area (Å²) in [6.07, 6.45) is 1.93. The van der Waals surface area contributed by atoms with Crippen molar-refractivity contribution in [1.29, 1.82) is 0 Å². The zero-order valence-electron chi connectivity index (χ0n) is 13.8. The molecule has 0 aliphatic carbocycles. The van der Waals surface area contributed by atoms with Gasteiger partial charge < -0.3 is 9.15 Å². The summed E-state index contributed by atoms with van der Waals surface area (Å²) in [5.41, 5.74) is 2.68. The maximum Gasteiger partial charge on any atom is 0.331 e. The van der Waals surface area contributed by atoms with Crippen molar-refractivity contribution in [3.8, 4) is 0 Å². The normalized spacial score (nSPS) is 12.3. The van der Waals surface area contributed by atoms with Gasteiger partial charge in [0.05, 0.1) is 0 Å². The average molecular weight is 312 g/mol. The summed E-state index contributed by atoms with van der Waals surface area (Å²) in [6, 6.07) is 9.00. The Balaban J connectivity index is 1.98. The highest BCUT2D eigenvalue weighted by atomic mass is 16.5. The molecule has 0 saturated carbocycles. The van der Waals surface area contributed by atoms with Gasteiger partial charge in [0, 0.05) is 11.6 Å². The number of ether oxygens (including phenoxy) is 1. The monoisotopic (exact) mass is 312 g/mol. The first-order chi connectivity index (χ1) is 10.9. The van der Waals surface area contributed by atoms with Crippen molar-refractivity contribution in [3.63, 3.8) is 0 Å². The minimum atomic E-state index is -0.840. The van der Waals surface area contributed by atoms with Crippen molar-refractivity contribution in [1.82, 2.24) is 0 Å². The SMILES string of the molecule is Cc1ccc(/C=C/C(=O)O[C@H](C)C(=O)c2ccc(C)c(C)c2)o1. The standard InChI is InChI=1S/C19H20O4/c1-12-5-7-16(11-13(12)2)19(21)15(4)23-18(20)10-9-17-8-6-14(3)22-17/h5-11,15H,1-4H3/b10-9+/t15-/m1/s1. The second kappa shape index (κ2) is 7.09. The molecule has 4 nitrogen and oxygen atoms in total. The van der Waals surface area contributed by atoms with E-state index in [-0.39, 0.29) is 5.78 Å². The molecular weight excluding hydrogens is 292 g/mol. The fourth-order valence-corrected chi connectivity index (χ4v) is 2.09. The van der Waals surface area contributed by atoms with Crippen molar-refractivity contribution in [3.05, 3.63) is 64.6 Å². The Morgan fingerprint density at radius 3 is 2.43 bits per heavy atom. The summed E-state index contributed by atoms with van der Waals surface area (Å²) in [5, 5.41) is 0. The Bertz CT molecular complexity index is 752. The quantitative estimate of drug-likeness (QED) is 0.475. The third kappa shape index (κ3) is 4.42. The predicted molar refractivity (Wildman–Crippen MR) is 88.3 cm³/mol. The third-order valence-electron chi connectivity index (χ3n) is 3.60. The van der Waals surface area contributed by atoms with E-state index >= 15 is 0 Å². The highest BCUT2D eigenvalue weighted by Gasteiger charge is 2.18. The van der Waals surface area contributed by atoms with Gasteiger partial charge in [-0.25, -0.2) is 4.79 Å². The Kier molecular flexibility index (Phi) is 5.16. The molecule has 0 aliphatic heterocycles. The highest BCUT2D eigenvalue weighted by Crippen LogP contribution is 2.13. The topological polar surface area (TPSA) is 56.5 Å². The van der Waals surface area contributed by atoms with Crippen molar-refractivity contribution in [2.75, 3.05) is 0 Å². The van der Waals surface area contributed by atoms with Gasteiger partial charge in [0.1, 0.15) is 11.5 Å². The lowest BCUT2D eigenvalue weighted by Gasteiger charge is -2.11. The fourth-order valence-electron chi connectivity index (χ4n) is 2.09. The molecule has 4 heteroatoms. The second-order valence-corrected chi connectivity index (χ2v) is 5.52. The zero-order chi connectivity index (χ0) is 17.0. The summed E-state index contributed by atoms with van der Waals surface area (Å²) in [6.45, 7) is 7.31. The molecule has 0 N–H and O–H groups in total. The first-order valence-electron chi connectivity index (χ1n) is 7.43. The van der Waals surface area contributed by atoms with E-state index in [2.05, 4.69) is 0 Å². The zero-order valence-corrected chi connectivity index (χ0v) is 13.8. The minimum absolute atomic E-state index is 0.219. The molecule has 0 aliphatic rings. The molecule has 1 atom stereocenters. The first-order valence-corrected chi connectivity index (χ1v) is 7.43. The van der Waals surface area contributed by atoms with Gasteiger partial charge in [-0.05, 0) is 63.1 Å². The number of carbonyl (C=O) groups excluding carboxylic acids is 2. The van der Waals surface area contributed by atoms with Crippen LogP contribution in [0.2, 0.25) is 0 Å². The number of furan rings is 1. The van der Waals surface area contributed by atoms with Crippen LogP contribution in [0.4, 0.5) is 0 Å². The molecule has 2 rings (SSSR count). The Labute approximate surface area is 135 Å². The summed E-state index contributed by atoms with van der Waals surface area (Å²) in [7, 11) is 0. The van der Waals surface area contributed by atoms with Gasteiger partial charge in [-0.15, -0.1) is 0 Å². The smallest absolute Gasteiger partial charge is 0.331 e. The Morgan fingerprint density at radius 2 is 1.83 bits per heavy atom. The molecule has 1 heterocycles. The van der Waals surface area contributed by atoms with Gasteiger partial charge in [0.25, 0.3) is 0 Å². The maximum absolute atomic E-state index is 12.3. The summed E-state index contributed by atoms with van der Waals surface area (Å²) < 4.78 is 10.5. The van der Waals surface area contributed by atoms with E-state index in [4.69, 9.17) is 9.15 Å². The van der Waals surface area contributed by atoms with E-state index in [1.54, 1.807) is 25.1 Å². The van der Waals surface area contributed by atoms with Crippen molar-refractivity contribution >= 4 is 17.8 Å². The van der Waals surface area contributed by atoms with Crippen LogP contribution < -0.4 is 0 Å². The molecule has 1 aromatic heterocycles. The van der Waals surface area contributed by atoms with E-state index in [1.165, 1.54) is 12.2 Å². The molecule has 2 aromatic rings. The third-order valence-corrected chi connectivity index (χ3v) is 3.60. The lowest BCUT2D eigenvalue weighted by atomic mass is 10.0. The largest absolute Gasteiger partial charge is 0.462 e. The van der Waals surface area contributed by atoms with E-state index in [9.17, 15) is 9.59 Å². The van der Waals surface area contributed by atoms with Gasteiger partial charge in [-0.2, -0.15) is 0 Å². The molecular formula is C19H20O4. The number of ketones is 1. The number of carbonyl (C=O) groups is 2. The van der Waals surface area contributed by atoms with Gasteiger partial charge in [-0.3, -0.25) is 4.79 Å². The van der Waals surface area contributed by atoms with Crippen molar-refractivity contribution in [2.45, 2.75) is 33.8 Å². The van der Waals surface area contributed by atoms with E-state index in [0.717, 1.165) is 16.9 Å². The minimum Gasteiger partial charge on any atom is -0.462 e. The molecule has 120 valence electrons. The number of hydrogen-bond donors (Lipinski definition) is 0. The molecule has 0 spiro atoms. The van der Waals surface area contributed by atoms with Gasteiger partial charge >= 0.3 is 5.97 Å². The molecule has 0 radical (unpaired) electrons. The van der Waals surface area contributed by atoms with Crippen LogP contribution in [0.25, 0.3) is 6.08 Å². The lowest BCUT2D eigenvalue weighted by Crippen LogP contribution is -2.23. The van der Waals surface area contributed by atoms with Crippen molar-refractivity contribution < 1.29 is 18.7 Å². The molecule has 0 saturated heterocycles. The molecule has 0 amide bonds. The van der Waals surface area contributed by atoms with Crippen LogP contribution in [0.3, 0.4) is 0 Å². The van der Waals surface area contributed by atoms with Crippen LogP contribution in [0.1, 0.15) is 39.9 Å².